The zero-order valence-electron chi connectivity index (χ0n) is 10.2. The fourth-order valence-electron chi connectivity index (χ4n) is 1.84. The molecule has 0 saturated heterocycles. The highest BCUT2D eigenvalue weighted by atomic mass is 35.5. The van der Waals surface area contributed by atoms with Crippen LogP contribution in [0.1, 0.15) is 32.3 Å². The van der Waals surface area contributed by atoms with Crippen molar-refractivity contribution in [3.8, 4) is 0 Å². The summed E-state index contributed by atoms with van der Waals surface area (Å²) in [5, 5.41) is 0.773. The lowest BCUT2D eigenvalue weighted by atomic mass is 10.1. The highest BCUT2D eigenvalue weighted by Crippen LogP contribution is 2.27. The molecule has 1 aromatic rings. The second-order valence-corrected chi connectivity index (χ2v) is 4.28. The molecule has 0 aliphatic heterocycles. The Kier molecular flexibility index (Phi) is 5.64. The Balaban J connectivity index is 2.94. The van der Waals surface area contributed by atoms with Crippen molar-refractivity contribution < 1.29 is 0 Å². The fraction of sp³-hybridized carbons (Fsp3) is 0.538. The van der Waals surface area contributed by atoms with Crippen LogP contribution in [0.3, 0.4) is 0 Å². The van der Waals surface area contributed by atoms with Gasteiger partial charge in [0.05, 0.1) is 0 Å². The maximum atomic E-state index is 6.16. The summed E-state index contributed by atoms with van der Waals surface area (Å²) in [6.07, 6.45) is 2.40. The average molecular weight is 241 g/mol. The smallest absolute Gasteiger partial charge is 0.0471 e. The predicted molar refractivity (Wildman–Crippen MR) is 72.1 cm³/mol. The van der Waals surface area contributed by atoms with Crippen LogP contribution in [0.2, 0.25) is 5.02 Å². The normalized spacial score (nSPS) is 10.5. The monoisotopic (exact) mass is 240 g/mol. The summed E-state index contributed by atoms with van der Waals surface area (Å²) in [4.78, 5) is 2.34. The SMILES string of the molecule is CCCCN(CC)c1cccc(Cl)c1CN. The van der Waals surface area contributed by atoms with Gasteiger partial charge in [-0.2, -0.15) is 0 Å². The van der Waals surface area contributed by atoms with E-state index in [-0.39, 0.29) is 0 Å². The molecule has 1 aromatic carbocycles. The van der Waals surface area contributed by atoms with Crippen molar-refractivity contribution in [3.63, 3.8) is 0 Å². The number of halogens is 1. The standard InChI is InChI=1S/C13H21ClN2/c1-3-5-9-16(4-2)13-8-6-7-12(14)11(13)10-15/h6-8H,3-5,9-10,15H2,1-2H3. The van der Waals surface area contributed by atoms with E-state index in [4.69, 9.17) is 17.3 Å². The van der Waals surface area contributed by atoms with Crippen molar-refractivity contribution in [2.75, 3.05) is 18.0 Å². The van der Waals surface area contributed by atoms with Crippen LogP contribution in [0, 0.1) is 0 Å². The van der Waals surface area contributed by atoms with Crippen LogP contribution in [0.5, 0.6) is 0 Å². The highest BCUT2D eigenvalue weighted by molar-refractivity contribution is 6.31. The summed E-state index contributed by atoms with van der Waals surface area (Å²) >= 11 is 6.16. The van der Waals surface area contributed by atoms with Crippen LogP contribution in [0.4, 0.5) is 5.69 Å². The van der Waals surface area contributed by atoms with E-state index in [1.165, 1.54) is 18.5 Å². The minimum Gasteiger partial charge on any atom is -0.372 e. The van der Waals surface area contributed by atoms with Gasteiger partial charge >= 0.3 is 0 Å². The summed E-state index contributed by atoms with van der Waals surface area (Å²) in [5.74, 6) is 0. The molecule has 16 heavy (non-hydrogen) atoms. The van der Waals surface area contributed by atoms with E-state index in [0.29, 0.717) is 6.54 Å². The number of rotatable bonds is 6. The summed E-state index contributed by atoms with van der Waals surface area (Å²) < 4.78 is 0. The molecule has 0 saturated carbocycles. The molecule has 0 fully saturated rings. The van der Waals surface area contributed by atoms with Crippen molar-refractivity contribution in [1.29, 1.82) is 0 Å². The second-order valence-electron chi connectivity index (χ2n) is 3.87. The van der Waals surface area contributed by atoms with Gasteiger partial charge in [0.15, 0.2) is 0 Å². The number of hydrogen-bond acceptors (Lipinski definition) is 2. The quantitative estimate of drug-likeness (QED) is 0.826. The van der Waals surface area contributed by atoms with Gasteiger partial charge in [-0.15, -0.1) is 0 Å². The molecule has 0 aliphatic carbocycles. The van der Waals surface area contributed by atoms with E-state index in [1.807, 2.05) is 12.1 Å². The van der Waals surface area contributed by atoms with Crippen LogP contribution in [0.25, 0.3) is 0 Å². The molecule has 2 nitrogen and oxygen atoms in total. The molecule has 90 valence electrons. The third-order valence-electron chi connectivity index (χ3n) is 2.80. The van der Waals surface area contributed by atoms with Gasteiger partial charge in [0.2, 0.25) is 0 Å². The third-order valence-corrected chi connectivity index (χ3v) is 3.16. The number of nitrogens with zero attached hydrogens (tertiary/aromatic N) is 1. The number of unbranched alkanes of at least 4 members (excludes halogenated alkanes) is 1. The Morgan fingerprint density at radius 2 is 2.06 bits per heavy atom. The fourth-order valence-corrected chi connectivity index (χ4v) is 2.09. The van der Waals surface area contributed by atoms with Crippen molar-refractivity contribution in [2.45, 2.75) is 33.2 Å². The summed E-state index contributed by atoms with van der Waals surface area (Å²) in [6.45, 7) is 6.93. The molecule has 0 unspecified atom stereocenters. The average Bonchev–Trinajstić information content (AvgIpc) is 2.30. The van der Waals surface area contributed by atoms with E-state index in [2.05, 4.69) is 24.8 Å². The molecule has 0 amide bonds. The molecule has 0 spiro atoms. The third kappa shape index (κ3) is 3.13. The minimum atomic E-state index is 0.498. The first-order valence-corrected chi connectivity index (χ1v) is 6.34. The lowest BCUT2D eigenvalue weighted by Crippen LogP contribution is -2.25. The first-order chi connectivity index (χ1) is 7.74. The van der Waals surface area contributed by atoms with E-state index in [0.717, 1.165) is 23.7 Å². The van der Waals surface area contributed by atoms with Crippen LogP contribution < -0.4 is 10.6 Å². The molecule has 0 atom stereocenters. The lowest BCUT2D eigenvalue weighted by Gasteiger charge is -2.25. The largest absolute Gasteiger partial charge is 0.372 e. The summed E-state index contributed by atoms with van der Waals surface area (Å²) in [7, 11) is 0. The van der Waals surface area contributed by atoms with Crippen molar-refractivity contribution in [2.24, 2.45) is 5.73 Å². The molecular formula is C13H21ClN2. The Labute approximate surface area is 103 Å². The number of benzene rings is 1. The number of nitrogens with two attached hydrogens (primary N) is 1. The number of anilines is 1. The lowest BCUT2D eigenvalue weighted by molar-refractivity contribution is 0.728. The maximum absolute atomic E-state index is 6.16. The molecular weight excluding hydrogens is 220 g/mol. The van der Waals surface area contributed by atoms with Gasteiger partial charge in [0.25, 0.3) is 0 Å². The Hall–Kier alpha value is -0.730. The van der Waals surface area contributed by atoms with Gasteiger partial charge in [-0.1, -0.05) is 31.0 Å². The molecule has 1 rings (SSSR count). The summed E-state index contributed by atoms with van der Waals surface area (Å²) in [5.41, 5.74) is 8.01. The van der Waals surface area contributed by atoms with Crippen LogP contribution in [0.15, 0.2) is 18.2 Å². The van der Waals surface area contributed by atoms with Crippen LogP contribution >= 0.6 is 11.6 Å². The van der Waals surface area contributed by atoms with Gasteiger partial charge in [-0.3, -0.25) is 0 Å². The van der Waals surface area contributed by atoms with Crippen molar-refractivity contribution in [3.05, 3.63) is 28.8 Å². The zero-order valence-corrected chi connectivity index (χ0v) is 10.9. The molecule has 3 heteroatoms. The van der Waals surface area contributed by atoms with Gasteiger partial charge in [-0.05, 0) is 25.5 Å². The molecule has 2 N–H and O–H groups in total. The van der Waals surface area contributed by atoms with E-state index < -0.39 is 0 Å². The van der Waals surface area contributed by atoms with Gasteiger partial charge in [0.1, 0.15) is 0 Å². The zero-order chi connectivity index (χ0) is 12.0. The van der Waals surface area contributed by atoms with Crippen molar-refractivity contribution >= 4 is 17.3 Å². The summed E-state index contributed by atoms with van der Waals surface area (Å²) in [6, 6.07) is 6.00. The molecule has 0 heterocycles. The van der Waals surface area contributed by atoms with Crippen molar-refractivity contribution in [1.82, 2.24) is 0 Å². The van der Waals surface area contributed by atoms with Gasteiger partial charge in [0, 0.05) is 35.9 Å². The van der Waals surface area contributed by atoms with E-state index in [1.54, 1.807) is 0 Å². The maximum Gasteiger partial charge on any atom is 0.0471 e. The number of hydrogen-bond donors (Lipinski definition) is 1. The second kappa shape index (κ2) is 6.77. The Morgan fingerprint density at radius 1 is 1.31 bits per heavy atom. The van der Waals surface area contributed by atoms with Crippen LogP contribution in [-0.2, 0) is 6.54 Å². The molecule has 0 radical (unpaired) electrons. The van der Waals surface area contributed by atoms with Crippen LogP contribution in [-0.4, -0.2) is 13.1 Å². The Bertz CT molecular complexity index is 326. The molecule has 0 aliphatic rings. The van der Waals surface area contributed by atoms with E-state index in [9.17, 15) is 0 Å². The predicted octanol–water partition coefficient (Wildman–Crippen LogP) is 3.43. The van der Waals surface area contributed by atoms with Gasteiger partial charge < -0.3 is 10.6 Å². The van der Waals surface area contributed by atoms with Gasteiger partial charge in [-0.25, -0.2) is 0 Å². The van der Waals surface area contributed by atoms with E-state index >= 15 is 0 Å². The molecule has 0 bridgehead atoms. The first-order valence-electron chi connectivity index (χ1n) is 5.97. The first kappa shape index (κ1) is 13.3. The topological polar surface area (TPSA) is 29.3 Å². The minimum absolute atomic E-state index is 0.498. The molecule has 0 aromatic heterocycles. The Morgan fingerprint density at radius 3 is 2.62 bits per heavy atom. The highest BCUT2D eigenvalue weighted by Gasteiger charge is 2.10.